The van der Waals surface area contributed by atoms with Crippen molar-refractivity contribution in [1.29, 1.82) is 0 Å². The first kappa shape index (κ1) is 20.3. The molecule has 0 saturated heterocycles. The van der Waals surface area contributed by atoms with Gasteiger partial charge >= 0.3 is 0 Å². The molecule has 0 spiro atoms. The van der Waals surface area contributed by atoms with E-state index in [9.17, 15) is 0 Å². The fourth-order valence-electron chi connectivity index (χ4n) is 2.60. The molecule has 0 amide bonds. The van der Waals surface area contributed by atoms with Crippen molar-refractivity contribution in [3.63, 3.8) is 0 Å². The molecule has 20 heavy (non-hydrogen) atoms. The second-order valence-corrected chi connectivity index (χ2v) is 7.43. The van der Waals surface area contributed by atoms with Gasteiger partial charge in [-0.2, -0.15) is 11.8 Å². The van der Waals surface area contributed by atoms with E-state index in [2.05, 4.69) is 25.6 Å². The molecule has 0 bridgehead atoms. The van der Waals surface area contributed by atoms with Crippen molar-refractivity contribution in [3.8, 4) is 0 Å². The Labute approximate surface area is 133 Å². The van der Waals surface area contributed by atoms with Crippen molar-refractivity contribution in [1.82, 2.24) is 0 Å². The molecule has 0 unspecified atom stereocenters. The Hall–Kier alpha value is 0.350. The maximum absolute atomic E-state index is 2.29. The van der Waals surface area contributed by atoms with Crippen molar-refractivity contribution in [3.05, 3.63) is 0 Å². The van der Waals surface area contributed by atoms with E-state index >= 15 is 0 Å². The monoisotopic (exact) mass is 300 g/mol. The molecule has 0 aliphatic rings. The summed E-state index contributed by atoms with van der Waals surface area (Å²) in [6.45, 7) is 4.59. The summed E-state index contributed by atoms with van der Waals surface area (Å²) in [4.78, 5) is 0. The van der Waals surface area contributed by atoms with Gasteiger partial charge in [0.25, 0.3) is 0 Å². The van der Waals surface area contributed by atoms with Gasteiger partial charge in [-0.15, -0.1) is 0 Å². The quantitative estimate of drug-likeness (QED) is 0.249. The molecule has 0 rings (SSSR count). The van der Waals surface area contributed by atoms with Gasteiger partial charge < -0.3 is 0 Å². The topological polar surface area (TPSA) is 0 Å². The largest absolute Gasteiger partial charge is 0.162 e. The number of hydrogen-bond donors (Lipinski definition) is 0. The van der Waals surface area contributed by atoms with Crippen LogP contribution < -0.4 is 0 Å². The predicted molar refractivity (Wildman–Crippen MR) is 97.9 cm³/mol. The zero-order chi connectivity index (χ0) is 14.7. The van der Waals surface area contributed by atoms with Crippen molar-refractivity contribution in [2.45, 2.75) is 110 Å². The van der Waals surface area contributed by atoms with Crippen LogP contribution in [0.1, 0.15) is 110 Å². The van der Waals surface area contributed by atoms with Crippen LogP contribution in [0.25, 0.3) is 0 Å². The molecule has 0 fully saturated rings. The standard InChI is InChI=1S/C19H40S/c1-3-5-7-9-11-13-15-17-19-20-18-16-14-12-10-8-6-4-2/h3-19H2,1-2H3. The molecule has 0 aromatic carbocycles. The fraction of sp³-hybridized carbons (Fsp3) is 1.00. The summed E-state index contributed by atoms with van der Waals surface area (Å²) in [7, 11) is 0. The molecule has 0 radical (unpaired) electrons. The molecule has 1 heteroatoms. The normalized spacial score (nSPS) is 11.1. The lowest BCUT2D eigenvalue weighted by Gasteiger charge is -2.03. The van der Waals surface area contributed by atoms with Gasteiger partial charge in [-0.25, -0.2) is 0 Å². The van der Waals surface area contributed by atoms with Gasteiger partial charge in [0.2, 0.25) is 0 Å². The van der Waals surface area contributed by atoms with Gasteiger partial charge in [0, 0.05) is 0 Å². The highest BCUT2D eigenvalue weighted by molar-refractivity contribution is 7.99. The first-order chi connectivity index (χ1) is 9.91. The van der Waals surface area contributed by atoms with Crippen LogP contribution in [-0.4, -0.2) is 11.5 Å². The van der Waals surface area contributed by atoms with Crippen LogP contribution in [0.3, 0.4) is 0 Å². The molecule has 0 N–H and O–H groups in total. The Bertz CT molecular complexity index is 138. The molecule has 0 aromatic heterocycles. The molecule has 0 aromatic rings. The van der Waals surface area contributed by atoms with Gasteiger partial charge in [-0.05, 0) is 24.3 Å². The van der Waals surface area contributed by atoms with Crippen LogP contribution in [0.15, 0.2) is 0 Å². The molecule has 0 nitrogen and oxygen atoms in total. The minimum Gasteiger partial charge on any atom is -0.162 e. The maximum Gasteiger partial charge on any atom is -0.00675 e. The molecular weight excluding hydrogens is 260 g/mol. The first-order valence-corrected chi connectivity index (χ1v) is 10.6. The second kappa shape index (κ2) is 19.4. The lowest BCUT2D eigenvalue weighted by atomic mass is 10.1. The maximum atomic E-state index is 2.29. The van der Waals surface area contributed by atoms with Crippen molar-refractivity contribution in [2.24, 2.45) is 0 Å². The summed E-state index contributed by atoms with van der Waals surface area (Å²) in [6.07, 6.45) is 21.7. The van der Waals surface area contributed by atoms with Crippen LogP contribution in [0.2, 0.25) is 0 Å². The number of thioether (sulfide) groups is 1. The van der Waals surface area contributed by atoms with Crippen LogP contribution in [-0.2, 0) is 0 Å². The average Bonchev–Trinajstić information content (AvgIpc) is 2.47. The summed E-state index contributed by atoms with van der Waals surface area (Å²) in [6, 6.07) is 0. The number of unbranched alkanes of at least 4 members (excludes halogenated alkanes) is 13. The van der Waals surface area contributed by atoms with Gasteiger partial charge in [0.1, 0.15) is 0 Å². The number of rotatable bonds is 17. The van der Waals surface area contributed by atoms with Crippen LogP contribution in [0.5, 0.6) is 0 Å². The van der Waals surface area contributed by atoms with Crippen LogP contribution in [0, 0.1) is 0 Å². The molecule has 0 heterocycles. The molecule has 0 saturated carbocycles. The summed E-state index contributed by atoms with van der Waals surface area (Å²) < 4.78 is 0. The Kier molecular flexibility index (Phi) is 19.7. The van der Waals surface area contributed by atoms with E-state index in [1.165, 1.54) is 108 Å². The van der Waals surface area contributed by atoms with Crippen molar-refractivity contribution >= 4 is 11.8 Å². The molecular formula is C19H40S. The summed E-state index contributed by atoms with van der Waals surface area (Å²) >= 11 is 2.19. The minimum atomic E-state index is 1.37. The van der Waals surface area contributed by atoms with Crippen LogP contribution in [0.4, 0.5) is 0 Å². The molecule has 0 atom stereocenters. The van der Waals surface area contributed by atoms with E-state index < -0.39 is 0 Å². The SMILES string of the molecule is CCCCCCCCCCSCCCCCCCCC. The highest BCUT2D eigenvalue weighted by Crippen LogP contribution is 2.14. The Morgan fingerprint density at radius 3 is 1.05 bits per heavy atom. The number of hydrogen-bond acceptors (Lipinski definition) is 1. The summed E-state index contributed by atoms with van der Waals surface area (Å²) in [5, 5.41) is 0. The highest BCUT2D eigenvalue weighted by atomic mass is 32.2. The van der Waals surface area contributed by atoms with Gasteiger partial charge in [0.05, 0.1) is 0 Å². The summed E-state index contributed by atoms with van der Waals surface area (Å²) in [5.74, 6) is 2.81. The van der Waals surface area contributed by atoms with E-state index in [0.29, 0.717) is 0 Å². The van der Waals surface area contributed by atoms with E-state index in [-0.39, 0.29) is 0 Å². The fourth-order valence-corrected chi connectivity index (χ4v) is 3.62. The third kappa shape index (κ3) is 18.4. The average molecular weight is 301 g/mol. The van der Waals surface area contributed by atoms with Gasteiger partial charge in [0.15, 0.2) is 0 Å². The Morgan fingerprint density at radius 1 is 0.400 bits per heavy atom. The Balaban J connectivity index is 2.89. The smallest absolute Gasteiger partial charge is 0.00675 e. The van der Waals surface area contributed by atoms with Gasteiger partial charge in [-0.1, -0.05) is 97.3 Å². The second-order valence-electron chi connectivity index (χ2n) is 6.21. The molecule has 122 valence electrons. The van der Waals surface area contributed by atoms with Crippen LogP contribution >= 0.6 is 11.8 Å². The van der Waals surface area contributed by atoms with E-state index in [1.54, 1.807) is 0 Å². The minimum absolute atomic E-state index is 1.37. The third-order valence-corrected chi connectivity index (χ3v) is 5.19. The predicted octanol–water partition coefficient (Wildman–Crippen LogP) is 7.61. The zero-order valence-corrected chi connectivity index (χ0v) is 15.2. The summed E-state index contributed by atoms with van der Waals surface area (Å²) in [5.41, 5.74) is 0. The lowest BCUT2D eigenvalue weighted by Crippen LogP contribution is -1.87. The lowest BCUT2D eigenvalue weighted by molar-refractivity contribution is 0.586. The molecule has 0 aliphatic carbocycles. The van der Waals surface area contributed by atoms with E-state index in [4.69, 9.17) is 0 Å². The van der Waals surface area contributed by atoms with E-state index in [0.717, 1.165) is 0 Å². The molecule has 0 aliphatic heterocycles. The first-order valence-electron chi connectivity index (χ1n) is 9.49. The van der Waals surface area contributed by atoms with Crippen molar-refractivity contribution in [2.75, 3.05) is 11.5 Å². The van der Waals surface area contributed by atoms with Gasteiger partial charge in [-0.3, -0.25) is 0 Å². The highest BCUT2D eigenvalue weighted by Gasteiger charge is 1.94. The van der Waals surface area contributed by atoms with E-state index in [1.807, 2.05) is 0 Å². The van der Waals surface area contributed by atoms with Crippen molar-refractivity contribution < 1.29 is 0 Å². The zero-order valence-electron chi connectivity index (χ0n) is 14.4. The Morgan fingerprint density at radius 2 is 0.700 bits per heavy atom. The third-order valence-electron chi connectivity index (χ3n) is 4.03.